The normalized spacial score (nSPS) is 23.6. The van der Waals surface area contributed by atoms with Crippen molar-refractivity contribution in [2.45, 2.75) is 37.4 Å². The van der Waals surface area contributed by atoms with Crippen LogP contribution < -0.4 is 4.74 Å². The Morgan fingerprint density at radius 1 is 1.15 bits per heavy atom. The predicted octanol–water partition coefficient (Wildman–Crippen LogP) is 4.78. The van der Waals surface area contributed by atoms with E-state index < -0.39 is 5.60 Å². The van der Waals surface area contributed by atoms with Gasteiger partial charge in [0, 0.05) is 24.0 Å². The van der Waals surface area contributed by atoms with E-state index in [0.29, 0.717) is 30.9 Å². The smallest absolute Gasteiger partial charge is 0.161 e. The molecule has 2 saturated heterocycles. The molecule has 0 radical (unpaired) electrons. The number of furan rings is 1. The van der Waals surface area contributed by atoms with Gasteiger partial charge in [-0.3, -0.25) is 4.98 Å². The van der Waals surface area contributed by atoms with Crippen LogP contribution in [0.25, 0.3) is 21.9 Å². The van der Waals surface area contributed by atoms with Crippen LogP contribution >= 0.6 is 0 Å². The Labute approximate surface area is 197 Å². The van der Waals surface area contributed by atoms with E-state index in [9.17, 15) is 5.11 Å². The highest BCUT2D eigenvalue weighted by atomic mass is 16.7. The SMILES string of the molecule is C#Cc1cc(-c2ccoc2)c2ccc(OCc3cccc(C4(O)CC5COC(C4)O5)n3)cc2c1. The molecule has 3 atom stereocenters. The van der Waals surface area contributed by atoms with E-state index in [1.807, 2.05) is 54.6 Å². The largest absolute Gasteiger partial charge is 0.487 e. The van der Waals surface area contributed by atoms with Crippen molar-refractivity contribution in [3.8, 4) is 29.2 Å². The van der Waals surface area contributed by atoms with E-state index in [1.54, 1.807) is 12.5 Å². The molecule has 0 aliphatic carbocycles. The minimum absolute atomic E-state index is 0.0945. The summed E-state index contributed by atoms with van der Waals surface area (Å²) in [4.78, 5) is 4.69. The second kappa shape index (κ2) is 8.30. The molecule has 2 aromatic carbocycles. The van der Waals surface area contributed by atoms with Gasteiger partial charge in [-0.2, -0.15) is 0 Å². The van der Waals surface area contributed by atoms with E-state index in [2.05, 4.69) is 5.92 Å². The van der Waals surface area contributed by atoms with Crippen LogP contribution in [0.15, 0.2) is 71.5 Å². The number of aromatic nitrogens is 1. The summed E-state index contributed by atoms with van der Waals surface area (Å²) >= 11 is 0. The third-order valence-corrected chi connectivity index (χ3v) is 6.48. The van der Waals surface area contributed by atoms with Gasteiger partial charge in [0.1, 0.15) is 18.0 Å². The molecule has 0 amide bonds. The van der Waals surface area contributed by atoms with Crippen molar-refractivity contribution < 1.29 is 23.7 Å². The summed E-state index contributed by atoms with van der Waals surface area (Å²) in [5, 5.41) is 13.3. The van der Waals surface area contributed by atoms with Gasteiger partial charge in [-0.25, -0.2) is 0 Å². The summed E-state index contributed by atoms with van der Waals surface area (Å²) in [6.45, 7) is 0.792. The predicted molar refractivity (Wildman–Crippen MR) is 126 cm³/mol. The summed E-state index contributed by atoms with van der Waals surface area (Å²) in [7, 11) is 0. The van der Waals surface area contributed by atoms with Crippen molar-refractivity contribution in [2.75, 3.05) is 6.61 Å². The van der Waals surface area contributed by atoms with Crippen molar-refractivity contribution >= 4 is 10.8 Å². The summed E-state index contributed by atoms with van der Waals surface area (Å²) in [5.41, 5.74) is 3.09. The second-order valence-corrected chi connectivity index (χ2v) is 8.83. The van der Waals surface area contributed by atoms with Gasteiger partial charge in [0.05, 0.1) is 36.6 Å². The van der Waals surface area contributed by atoms with Gasteiger partial charge in [-0.05, 0) is 58.8 Å². The molecule has 2 aliphatic rings. The van der Waals surface area contributed by atoms with Crippen LogP contribution in [0.4, 0.5) is 0 Å². The molecule has 6 nitrogen and oxygen atoms in total. The molecule has 4 heterocycles. The molecule has 4 aromatic rings. The van der Waals surface area contributed by atoms with Crippen LogP contribution in [0, 0.1) is 12.3 Å². The number of ether oxygens (including phenoxy) is 3. The minimum Gasteiger partial charge on any atom is -0.487 e. The van der Waals surface area contributed by atoms with Crippen molar-refractivity contribution in [1.29, 1.82) is 0 Å². The molecule has 2 fully saturated rings. The number of terminal acetylenes is 1. The third-order valence-electron chi connectivity index (χ3n) is 6.48. The van der Waals surface area contributed by atoms with Gasteiger partial charge in [-0.1, -0.05) is 18.1 Å². The maximum atomic E-state index is 11.2. The van der Waals surface area contributed by atoms with Crippen molar-refractivity contribution in [3.63, 3.8) is 0 Å². The molecule has 6 heteroatoms. The van der Waals surface area contributed by atoms with Gasteiger partial charge in [0.2, 0.25) is 0 Å². The molecule has 6 rings (SSSR count). The molecule has 3 unspecified atom stereocenters. The average molecular weight is 453 g/mol. The number of nitrogens with zero attached hydrogens (tertiary/aromatic N) is 1. The fourth-order valence-corrected chi connectivity index (χ4v) is 4.82. The van der Waals surface area contributed by atoms with E-state index in [4.69, 9.17) is 30.0 Å². The van der Waals surface area contributed by atoms with Crippen LogP contribution in [-0.2, 0) is 21.7 Å². The fourth-order valence-electron chi connectivity index (χ4n) is 4.82. The van der Waals surface area contributed by atoms with E-state index >= 15 is 0 Å². The highest BCUT2D eigenvalue weighted by molar-refractivity contribution is 5.98. The Morgan fingerprint density at radius 3 is 2.91 bits per heavy atom. The monoisotopic (exact) mass is 453 g/mol. The summed E-state index contributed by atoms with van der Waals surface area (Å²) in [5.74, 6) is 3.44. The number of benzene rings is 2. The maximum absolute atomic E-state index is 11.2. The van der Waals surface area contributed by atoms with Gasteiger partial charge in [0.25, 0.3) is 0 Å². The van der Waals surface area contributed by atoms with Crippen LogP contribution in [0.3, 0.4) is 0 Å². The first-order valence-corrected chi connectivity index (χ1v) is 11.3. The minimum atomic E-state index is -1.06. The van der Waals surface area contributed by atoms with Crippen molar-refractivity contribution in [3.05, 3.63) is 84.1 Å². The van der Waals surface area contributed by atoms with E-state index in [-0.39, 0.29) is 19.0 Å². The number of rotatable bonds is 5. The lowest BCUT2D eigenvalue weighted by molar-refractivity contribution is -0.160. The number of hydrogen-bond acceptors (Lipinski definition) is 6. The first kappa shape index (κ1) is 20.9. The number of fused-ring (bicyclic) bond motifs is 3. The Bertz CT molecular complexity index is 1380. The highest BCUT2D eigenvalue weighted by Gasteiger charge is 2.46. The molecule has 2 aromatic heterocycles. The average Bonchev–Trinajstić information content (AvgIpc) is 3.52. The highest BCUT2D eigenvalue weighted by Crippen LogP contribution is 2.40. The molecule has 2 aliphatic heterocycles. The number of pyridine rings is 1. The Balaban J connectivity index is 1.24. The molecule has 34 heavy (non-hydrogen) atoms. The quantitative estimate of drug-likeness (QED) is 0.439. The summed E-state index contributed by atoms with van der Waals surface area (Å²) in [6, 6.07) is 17.5. The van der Waals surface area contributed by atoms with E-state index in [0.717, 1.165) is 33.2 Å². The zero-order chi connectivity index (χ0) is 23.1. The van der Waals surface area contributed by atoms with Crippen LogP contribution in [-0.4, -0.2) is 29.1 Å². The standard InChI is InChI=1S/C28H23NO5/c1-2-18-10-20-12-22(6-7-24(20)25(11-18)19-8-9-31-15-19)32-16-21-4-3-5-26(29-21)28(30)13-23-17-33-27(14-28)34-23/h1,3-12,15,23,27,30H,13-14,16-17H2. The molecule has 2 bridgehead atoms. The van der Waals surface area contributed by atoms with Crippen molar-refractivity contribution in [1.82, 2.24) is 4.98 Å². The fraction of sp³-hybridized carbons (Fsp3) is 0.250. The second-order valence-electron chi connectivity index (χ2n) is 8.83. The van der Waals surface area contributed by atoms with Crippen molar-refractivity contribution in [2.24, 2.45) is 0 Å². The van der Waals surface area contributed by atoms with Crippen LogP contribution in [0.1, 0.15) is 29.8 Å². The lowest BCUT2D eigenvalue weighted by Gasteiger charge is -2.34. The Kier molecular flexibility index (Phi) is 5.11. The first-order chi connectivity index (χ1) is 16.6. The van der Waals surface area contributed by atoms with Crippen LogP contribution in [0.2, 0.25) is 0 Å². The summed E-state index contributed by atoms with van der Waals surface area (Å²) < 4.78 is 22.6. The van der Waals surface area contributed by atoms with Gasteiger partial charge in [0.15, 0.2) is 6.29 Å². The molecular formula is C28H23NO5. The lowest BCUT2D eigenvalue weighted by Crippen LogP contribution is -2.40. The van der Waals surface area contributed by atoms with Gasteiger partial charge >= 0.3 is 0 Å². The van der Waals surface area contributed by atoms with Gasteiger partial charge < -0.3 is 23.7 Å². The van der Waals surface area contributed by atoms with Gasteiger partial charge in [-0.15, -0.1) is 6.42 Å². The Hall–Kier alpha value is -3.63. The molecular weight excluding hydrogens is 430 g/mol. The third kappa shape index (κ3) is 3.84. The summed E-state index contributed by atoms with van der Waals surface area (Å²) in [6.07, 6.45) is 9.44. The topological polar surface area (TPSA) is 74.0 Å². The Morgan fingerprint density at radius 2 is 2.09 bits per heavy atom. The molecule has 1 N–H and O–H groups in total. The van der Waals surface area contributed by atoms with E-state index in [1.165, 1.54) is 0 Å². The first-order valence-electron chi connectivity index (χ1n) is 11.3. The molecule has 0 saturated carbocycles. The zero-order valence-electron chi connectivity index (χ0n) is 18.4. The zero-order valence-corrected chi connectivity index (χ0v) is 18.4. The maximum Gasteiger partial charge on any atom is 0.161 e. The molecule has 170 valence electrons. The lowest BCUT2D eigenvalue weighted by atomic mass is 9.87. The number of aliphatic hydroxyl groups is 1. The van der Waals surface area contributed by atoms with Crippen LogP contribution in [0.5, 0.6) is 5.75 Å². The number of hydrogen-bond donors (Lipinski definition) is 1. The molecule has 0 spiro atoms.